The van der Waals surface area contributed by atoms with Crippen LogP contribution in [0.1, 0.15) is 18.4 Å². The molecule has 4 rings (SSSR count). The molecule has 0 bridgehead atoms. The Morgan fingerprint density at radius 2 is 1.48 bits per heavy atom. The van der Waals surface area contributed by atoms with E-state index >= 15 is 0 Å². The largest absolute Gasteiger partial charge is 0.491 e. The quantitative estimate of drug-likeness (QED) is 0.485. The minimum Gasteiger partial charge on any atom is -0.491 e. The molecule has 0 aliphatic carbocycles. The van der Waals surface area contributed by atoms with Crippen molar-refractivity contribution in [2.75, 3.05) is 33.4 Å². The lowest BCUT2D eigenvalue weighted by Crippen LogP contribution is -2.43. The van der Waals surface area contributed by atoms with Gasteiger partial charge >= 0.3 is 0 Å². The van der Waals surface area contributed by atoms with Gasteiger partial charge in [0, 0.05) is 26.7 Å². The Morgan fingerprint density at radius 3 is 2.12 bits per heavy atom. The van der Waals surface area contributed by atoms with E-state index < -0.39 is 6.10 Å². The van der Waals surface area contributed by atoms with Gasteiger partial charge in [-0.25, -0.2) is 0 Å². The Bertz CT molecular complexity index is 951. The van der Waals surface area contributed by atoms with Crippen molar-refractivity contribution in [1.29, 1.82) is 0 Å². The molecule has 0 spiro atoms. The Labute approximate surface area is 196 Å². The van der Waals surface area contributed by atoms with E-state index in [0.29, 0.717) is 19.8 Å². The summed E-state index contributed by atoms with van der Waals surface area (Å²) in [6.45, 7) is 3.39. The third kappa shape index (κ3) is 7.06. The van der Waals surface area contributed by atoms with E-state index in [1.165, 1.54) is 16.7 Å². The van der Waals surface area contributed by atoms with Crippen LogP contribution < -0.4 is 9.47 Å². The maximum atomic E-state index is 10.3. The van der Waals surface area contributed by atoms with Crippen molar-refractivity contribution >= 4 is 0 Å². The first-order chi connectivity index (χ1) is 16.2. The standard InChI is InChI=1S/C28H33NO4/c1-31-20-22-7-9-23(10-8-22)24-11-13-27(14-12-24)33-28-15-17-29(18-16-28)19-25(30)21-32-26-5-3-2-4-6-26/h2-14,25,28,30H,15-21H2,1H3. The number of benzene rings is 3. The molecule has 1 aliphatic heterocycles. The number of piperidine rings is 1. The fraction of sp³-hybridized carbons (Fsp3) is 0.357. The van der Waals surface area contributed by atoms with E-state index in [0.717, 1.165) is 37.4 Å². The Kier molecular flexibility index (Phi) is 8.36. The fourth-order valence-corrected chi connectivity index (χ4v) is 4.15. The van der Waals surface area contributed by atoms with Crippen LogP contribution in [-0.4, -0.2) is 55.6 Å². The van der Waals surface area contributed by atoms with Gasteiger partial charge in [-0.1, -0.05) is 54.6 Å². The second-order valence-corrected chi connectivity index (χ2v) is 8.55. The van der Waals surface area contributed by atoms with Crippen LogP contribution in [0.25, 0.3) is 11.1 Å². The highest BCUT2D eigenvalue weighted by atomic mass is 16.5. The highest BCUT2D eigenvalue weighted by Crippen LogP contribution is 2.25. The second kappa shape index (κ2) is 11.8. The van der Waals surface area contributed by atoms with Crippen LogP contribution in [-0.2, 0) is 11.3 Å². The highest BCUT2D eigenvalue weighted by Gasteiger charge is 2.22. The molecule has 174 valence electrons. The van der Waals surface area contributed by atoms with Crippen LogP contribution in [0.3, 0.4) is 0 Å². The molecule has 1 fully saturated rings. The maximum Gasteiger partial charge on any atom is 0.119 e. The third-order valence-corrected chi connectivity index (χ3v) is 5.94. The van der Waals surface area contributed by atoms with Gasteiger partial charge in [-0.2, -0.15) is 0 Å². The fourth-order valence-electron chi connectivity index (χ4n) is 4.15. The predicted octanol–water partition coefficient (Wildman–Crippen LogP) is 4.78. The first-order valence-electron chi connectivity index (χ1n) is 11.6. The molecule has 1 N–H and O–H groups in total. The number of hydrogen-bond acceptors (Lipinski definition) is 5. The lowest BCUT2D eigenvalue weighted by molar-refractivity contribution is 0.0401. The minimum absolute atomic E-state index is 0.207. The summed E-state index contributed by atoms with van der Waals surface area (Å²) in [6, 6.07) is 26.4. The van der Waals surface area contributed by atoms with Gasteiger partial charge in [0.25, 0.3) is 0 Å². The number of β-amino-alcohol motifs (C(OH)–C–C–N with tert-alkyl or cyclic N) is 1. The van der Waals surface area contributed by atoms with Crippen molar-refractivity contribution < 1.29 is 19.3 Å². The summed E-state index contributed by atoms with van der Waals surface area (Å²) in [7, 11) is 1.71. The number of aliphatic hydroxyl groups excluding tert-OH is 1. The lowest BCUT2D eigenvalue weighted by Gasteiger charge is -2.33. The third-order valence-electron chi connectivity index (χ3n) is 5.94. The van der Waals surface area contributed by atoms with Gasteiger partial charge in [0.05, 0.1) is 6.61 Å². The molecule has 1 saturated heterocycles. The minimum atomic E-state index is -0.501. The number of aliphatic hydroxyl groups is 1. The average Bonchev–Trinajstić information content (AvgIpc) is 2.86. The van der Waals surface area contributed by atoms with E-state index in [-0.39, 0.29) is 6.10 Å². The normalized spacial score (nSPS) is 15.8. The molecule has 33 heavy (non-hydrogen) atoms. The van der Waals surface area contributed by atoms with E-state index in [9.17, 15) is 5.11 Å². The van der Waals surface area contributed by atoms with Crippen molar-refractivity contribution in [1.82, 2.24) is 4.90 Å². The Hall–Kier alpha value is -2.86. The summed E-state index contributed by atoms with van der Waals surface area (Å²) in [6.07, 6.45) is 1.61. The molecule has 3 aromatic carbocycles. The number of para-hydroxylation sites is 1. The molecular formula is C28H33NO4. The number of methoxy groups -OCH3 is 1. The molecular weight excluding hydrogens is 414 g/mol. The van der Waals surface area contributed by atoms with Gasteiger partial charge in [0.2, 0.25) is 0 Å². The molecule has 1 aliphatic rings. The van der Waals surface area contributed by atoms with Crippen LogP contribution in [0.5, 0.6) is 11.5 Å². The molecule has 5 nitrogen and oxygen atoms in total. The SMILES string of the molecule is COCc1ccc(-c2ccc(OC3CCN(CC(O)COc4ccccc4)CC3)cc2)cc1. The molecule has 3 aromatic rings. The smallest absolute Gasteiger partial charge is 0.119 e. The van der Waals surface area contributed by atoms with Crippen molar-refractivity contribution in [3.63, 3.8) is 0 Å². The van der Waals surface area contributed by atoms with Crippen molar-refractivity contribution in [3.05, 3.63) is 84.4 Å². The van der Waals surface area contributed by atoms with Gasteiger partial charge in [-0.15, -0.1) is 0 Å². The summed E-state index contributed by atoms with van der Waals surface area (Å²) in [5.41, 5.74) is 3.53. The lowest BCUT2D eigenvalue weighted by atomic mass is 10.0. The van der Waals surface area contributed by atoms with Gasteiger partial charge in [0.1, 0.15) is 30.3 Å². The van der Waals surface area contributed by atoms with Crippen LogP contribution >= 0.6 is 0 Å². The van der Waals surface area contributed by atoms with Crippen molar-refractivity contribution in [2.45, 2.75) is 31.7 Å². The summed E-state index contributed by atoms with van der Waals surface area (Å²) in [4.78, 5) is 2.29. The molecule has 1 heterocycles. The van der Waals surface area contributed by atoms with Crippen LogP contribution in [0.15, 0.2) is 78.9 Å². The molecule has 0 radical (unpaired) electrons. The Morgan fingerprint density at radius 1 is 0.848 bits per heavy atom. The zero-order valence-electron chi connectivity index (χ0n) is 19.2. The molecule has 1 atom stereocenters. The van der Waals surface area contributed by atoms with Gasteiger partial charge in [-0.05, 0) is 53.8 Å². The topological polar surface area (TPSA) is 51.2 Å². The molecule has 0 aromatic heterocycles. The van der Waals surface area contributed by atoms with Gasteiger partial charge in [-0.3, -0.25) is 0 Å². The highest BCUT2D eigenvalue weighted by molar-refractivity contribution is 5.64. The van der Waals surface area contributed by atoms with E-state index in [4.69, 9.17) is 14.2 Å². The number of likely N-dealkylation sites (tertiary alicyclic amines) is 1. The average molecular weight is 448 g/mol. The van der Waals surface area contributed by atoms with Gasteiger partial charge < -0.3 is 24.2 Å². The van der Waals surface area contributed by atoms with E-state index in [1.807, 2.05) is 30.3 Å². The van der Waals surface area contributed by atoms with Gasteiger partial charge in [0.15, 0.2) is 0 Å². The van der Waals surface area contributed by atoms with Crippen molar-refractivity contribution in [2.24, 2.45) is 0 Å². The predicted molar refractivity (Wildman–Crippen MR) is 131 cm³/mol. The molecule has 0 amide bonds. The number of nitrogens with zero attached hydrogens (tertiary/aromatic N) is 1. The van der Waals surface area contributed by atoms with Crippen LogP contribution in [0, 0.1) is 0 Å². The number of ether oxygens (including phenoxy) is 3. The summed E-state index contributed by atoms with van der Waals surface area (Å²) in [5.74, 6) is 1.70. The monoisotopic (exact) mass is 447 g/mol. The van der Waals surface area contributed by atoms with Crippen LogP contribution in [0.2, 0.25) is 0 Å². The van der Waals surface area contributed by atoms with Crippen LogP contribution in [0.4, 0.5) is 0 Å². The van der Waals surface area contributed by atoms with Crippen molar-refractivity contribution in [3.8, 4) is 22.6 Å². The summed E-state index contributed by atoms with van der Waals surface area (Å²) < 4.78 is 17.1. The number of hydrogen-bond donors (Lipinski definition) is 1. The molecule has 0 saturated carbocycles. The number of rotatable bonds is 10. The van der Waals surface area contributed by atoms with E-state index in [2.05, 4.69) is 53.4 Å². The molecule has 1 unspecified atom stereocenters. The maximum absolute atomic E-state index is 10.3. The van der Waals surface area contributed by atoms with E-state index in [1.54, 1.807) is 7.11 Å². The summed E-state index contributed by atoms with van der Waals surface area (Å²) >= 11 is 0. The summed E-state index contributed by atoms with van der Waals surface area (Å²) in [5, 5.41) is 10.3. The zero-order valence-corrected chi connectivity index (χ0v) is 19.2. The first-order valence-corrected chi connectivity index (χ1v) is 11.6. The molecule has 5 heteroatoms. The zero-order chi connectivity index (χ0) is 22.9. The first kappa shape index (κ1) is 23.3. The second-order valence-electron chi connectivity index (χ2n) is 8.55. The Balaban J connectivity index is 1.19.